The molecule has 2 rings (SSSR count). The molecule has 0 aliphatic carbocycles. The third kappa shape index (κ3) is 4.19. The molecule has 1 aliphatic rings. The number of aromatic nitrogens is 1. The van der Waals surface area contributed by atoms with Crippen LogP contribution in [-0.2, 0) is 11.2 Å². The van der Waals surface area contributed by atoms with Gasteiger partial charge in [0.1, 0.15) is 5.00 Å². The Hall–Kier alpha value is -1.63. The standard InChI is InChI=1S/C15H23N3O3S/c1-9(2)8-12-13(22-10(3)16-12)17-15(21)18-6-4-11(5-7-18)14(19)20/h9,11H,4-8H2,1-3H3,(H,17,21)(H,19,20). The molecular formula is C15H23N3O3S. The number of hydrogen-bond acceptors (Lipinski definition) is 4. The number of hydrogen-bond donors (Lipinski definition) is 2. The average Bonchev–Trinajstić information content (AvgIpc) is 2.77. The Balaban J connectivity index is 1.96. The molecular weight excluding hydrogens is 302 g/mol. The molecule has 2 heterocycles. The molecule has 1 saturated heterocycles. The van der Waals surface area contributed by atoms with E-state index in [9.17, 15) is 9.59 Å². The Morgan fingerprint density at radius 3 is 2.59 bits per heavy atom. The van der Waals surface area contributed by atoms with E-state index in [1.165, 1.54) is 11.3 Å². The molecule has 0 bridgehead atoms. The van der Waals surface area contributed by atoms with E-state index in [-0.39, 0.29) is 11.9 Å². The molecule has 7 heteroatoms. The van der Waals surface area contributed by atoms with Crippen molar-refractivity contribution in [2.45, 2.75) is 40.0 Å². The molecule has 0 unspecified atom stereocenters. The van der Waals surface area contributed by atoms with Crippen molar-refractivity contribution in [3.8, 4) is 0 Å². The Morgan fingerprint density at radius 2 is 2.05 bits per heavy atom. The van der Waals surface area contributed by atoms with Crippen LogP contribution in [0.3, 0.4) is 0 Å². The summed E-state index contributed by atoms with van der Waals surface area (Å²) in [4.78, 5) is 29.5. The highest BCUT2D eigenvalue weighted by molar-refractivity contribution is 7.16. The topological polar surface area (TPSA) is 82.5 Å². The number of piperidine rings is 1. The number of aliphatic carboxylic acids is 1. The summed E-state index contributed by atoms with van der Waals surface area (Å²) in [5.41, 5.74) is 0.936. The molecule has 0 saturated carbocycles. The quantitative estimate of drug-likeness (QED) is 0.891. The summed E-state index contributed by atoms with van der Waals surface area (Å²) < 4.78 is 0. The van der Waals surface area contributed by atoms with Crippen LogP contribution in [0.25, 0.3) is 0 Å². The van der Waals surface area contributed by atoms with Crippen molar-refractivity contribution in [1.82, 2.24) is 9.88 Å². The third-order valence-corrected chi connectivity index (χ3v) is 4.69. The molecule has 22 heavy (non-hydrogen) atoms. The lowest BCUT2D eigenvalue weighted by molar-refractivity contribution is -0.143. The van der Waals surface area contributed by atoms with Gasteiger partial charge in [0.2, 0.25) is 0 Å². The van der Waals surface area contributed by atoms with Gasteiger partial charge in [-0.3, -0.25) is 10.1 Å². The predicted molar refractivity (Wildman–Crippen MR) is 86.3 cm³/mol. The van der Waals surface area contributed by atoms with Gasteiger partial charge >= 0.3 is 12.0 Å². The normalized spacial score (nSPS) is 16.1. The Labute approximate surface area is 134 Å². The van der Waals surface area contributed by atoms with Crippen LogP contribution >= 0.6 is 11.3 Å². The van der Waals surface area contributed by atoms with Gasteiger partial charge < -0.3 is 10.0 Å². The molecule has 2 N–H and O–H groups in total. The van der Waals surface area contributed by atoms with Gasteiger partial charge in [0, 0.05) is 13.1 Å². The average molecular weight is 325 g/mol. The van der Waals surface area contributed by atoms with Crippen molar-refractivity contribution in [2.75, 3.05) is 18.4 Å². The number of aryl methyl sites for hydroxylation is 1. The second-order valence-corrected chi connectivity index (χ2v) is 7.34. The third-order valence-electron chi connectivity index (χ3n) is 3.76. The number of anilines is 1. The monoisotopic (exact) mass is 325 g/mol. The number of urea groups is 1. The van der Waals surface area contributed by atoms with Gasteiger partial charge in [-0.15, -0.1) is 11.3 Å². The molecule has 0 radical (unpaired) electrons. The number of carboxylic acids is 1. The van der Waals surface area contributed by atoms with Crippen LogP contribution in [0.4, 0.5) is 9.80 Å². The van der Waals surface area contributed by atoms with Crippen LogP contribution < -0.4 is 5.32 Å². The van der Waals surface area contributed by atoms with Crippen LogP contribution in [-0.4, -0.2) is 40.1 Å². The van der Waals surface area contributed by atoms with Crippen LogP contribution in [0.15, 0.2) is 0 Å². The van der Waals surface area contributed by atoms with Crippen LogP contribution in [0, 0.1) is 18.8 Å². The highest BCUT2D eigenvalue weighted by Crippen LogP contribution is 2.27. The summed E-state index contributed by atoms with van der Waals surface area (Å²) in [5, 5.41) is 13.7. The van der Waals surface area contributed by atoms with Crippen molar-refractivity contribution in [3.05, 3.63) is 10.7 Å². The van der Waals surface area contributed by atoms with Crippen molar-refractivity contribution in [1.29, 1.82) is 0 Å². The number of carbonyl (C=O) groups is 2. The zero-order valence-corrected chi connectivity index (χ0v) is 14.1. The lowest BCUT2D eigenvalue weighted by atomic mass is 9.97. The van der Waals surface area contributed by atoms with Gasteiger partial charge in [-0.05, 0) is 32.1 Å². The van der Waals surface area contributed by atoms with E-state index < -0.39 is 5.97 Å². The molecule has 1 aromatic heterocycles. The summed E-state index contributed by atoms with van der Waals surface area (Å²) in [6.07, 6.45) is 1.87. The zero-order chi connectivity index (χ0) is 16.3. The second-order valence-electron chi connectivity index (χ2n) is 6.14. The minimum atomic E-state index is -0.766. The molecule has 0 spiro atoms. The van der Waals surface area contributed by atoms with Gasteiger partial charge in [-0.2, -0.15) is 0 Å². The number of likely N-dealkylation sites (tertiary alicyclic amines) is 1. The highest BCUT2D eigenvalue weighted by atomic mass is 32.1. The fourth-order valence-corrected chi connectivity index (χ4v) is 3.44. The smallest absolute Gasteiger partial charge is 0.322 e. The molecule has 2 amide bonds. The fourth-order valence-electron chi connectivity index (χ4n) is 2.60. The number of carbonyl (C=O) groups excluding carboxylic acids is 1. The van der Waals surface area contributed by atoms with Gasteiger partial charge in [0.25, 0.3) is 0 Å². The first kappa shape index (κ1) is 16.7. The second kappa shape index (κ2) is 7.09. The summed E-state index contributed by atoms with van der Waals surface area (Å²) in [6.45, 7) is 7.15. The van der Waals surface area contributed by atoms with E-state index >= 15 is 0 Å². The Kier molecular flexibility index (Phi) is 5.39. The Morgan fingerprint density at radius 1 is 1.41 bits per heavy atom. The minimum absolute atomic E-state index is 0.155. The van der Waals surface area contributed by atoms with E-state index in [1.54, 1.807) is 4.90 Å². The molecule has 6 nitrogen and oxygen atoms in total. The maximum atomic E-state index is 12.3. The maximum absolute atomic E-state index is 12.3. The lowest BCUT2D eigenvalue weighted by Gasteiger charge is -2.30. The summed E-state index contributed by atoms with van der Waals surface area (Å²) in [6, 6.07) is -0.155. The number of thiazole rings is 1. The van der Waals surface area contributed by atoms with Crippen LogP contribution in [0.5, 0.6) is 0 Å². The summed E-state index contributed by atoms with van der Waals surface area (Å²) >= 11 is 1.49. The first-order valence-corrected chi connectivity index (χ1v) is 8.43. The van der Waals surface area contributed by atoms with Crippen molar-refractivity contribution in [2.24, 2.45) is 11.8 Å². The number of rotatable bonds is 4. The van der Waals surface area contributed by atoms with E-state index in [1.807, 2.05) is 6.92 Å². The maximum Gasteiger partial charge on any atom is 0.322 e. The van der Waals surface area contributed by atoms with E-state index in [2.05, 4.69) is 24.1 Å². The number of amides is 2. The summed E-state index contributed by atoms with van der Waals surface area (Å²) in [7, 11) is 0. The van der Waals surface area contributed by atoms with E-state index in [4.69, 9.17) is 5.11 Å². The van der Waals surface area contributed by atoms with Gasteiger partial charge in [0.15, 0.2) is 0 Å². The van der Waals surface area contributed by atoms with Crippen LogP contribution in [0.1, 0.15) is 37.4 Å². The SMILES string of the molecule is Cc1nc(CC(C)C)c(NC(=O)N2CCC(C(=O)O)CC2)s1. The first-order valence-electron chi connectivity index (χ1n) is 7.62. The van der Waals surface area contributed by atoms with Crippen molar-refractivity contribution >= 4 is 28.3 Å². The first-order chi connectivity index (χ1) is 10.4. The van der Waals surface area contributed by atoms with Gasteiger partial charge in [-0.1, -0.05) is 13.8 Å². The molecule has 1 aromatic rings. The van der Waals surface area contributed by atoms with Gasteiger partial charge in [0.05, 0.1) is 16.6 Å². The van der Waals surface area contributed by atoms with Crippen molar-refractivity contribution in [3.63, 3.8) is 0 Å². The number of nitrogens with one attached hydrogen (secondary N) is 1. The minimum Gasteiger partial charge on any atom is -0.481 e. The van der Waals surface area contributed by atoms with Crippen molar-refractivity contribution < 1.29 is 14.7 Å². The molecule has 1 fully saturated rings. The number of carboxylic acid groups (broad SMARTS) is 1. The molecule has 0 atom stereocenters. The largest absolute Gasteiger partial charge is 0.481 e. The molecule has 122 valence electrons. The zero-order valence-electron chi connectivity index (χ0n) is 13.3. The van der Waals surface area contributed by atoms with E-state index in [0.29, 0.717) is 31.8 Å². The summed E-state index contributed by atoms with van der Waals surface area (Å²) in [5.74, 6) is -0.618. The fraction of sp³-hybridized carbons (Fsp3) is 0.667. The lowest BCUT2D eigenvalue weighted by Crippen LogP contribution is -2.42. The number of nitrogens with zero attached hydrogens (tertiary/aromatic N) is 2. The van der Waals surface area contributed by atoms with Gasteiger partial charge in [-0.25, -0.2) is 9.78 Å². The molecule has 0 aromatic carbocycles. The van der Waals surface area contributed by atoms with Crippen LogP contribution in [0.2, 0.25) is 0 Å². The predicted octanol–water partition coefficient (Wildman–Crippen LogP) is 2.98. The Bertz CT molecular complexity index is 548. The highest BCUT2D eigenvalue weighted by Gasteiger charge is 2.27. The molecule has 1 aliphatic heterocycles. The van der Waals surface area contributed by atoms with E-state index in [0.717, 1.165) is 22.1 Å².